The number of rotatable bonds is 5. The fourth-order valence-electron chi connectivity index (χ4n) is 1.87. The summed E-state index contributed by atoms with van der Waals surface area (Å²) in [5.41, 5.74) is 3.04. The van der Waals surface area contributed by atoms with Gasteiger partial charge in [0.15, 0.2) is 0 Å². The van der Waals surface area contributed by atoms with Crippen LogP contribution in [0.25, 0.3) is 0 Å². The summed E-state index contributed by atoms with van der Waals surface area (Å²) >= 11 is 5.17. The normalized spacial score (nSPS) is 12.4. The minimum absolute atomic E-state index is 0.265. The maximum Gasteiger partial charge on any atom is 0.122 e. The number of likely N-dealkylation sites (N-methyl/N-ethyl adjacent to an activating group) is 1. The van der Waals surface area contributed by atoms with Crippen LogP contribution in [0, 0.1) is 0 Å². The predicted molar refractivity (Wildman–Crippen MR) is 78.3 cm³/mol. The third-order valence-corrected chi connectivity index (χ3v) is 4.19. The minimum atomic E-state index is 0.265. The fraction of sp³-hybridized carbons (Fsp3) is 0.308. The van der Waals surface area contributed by atoms with E-state index in [0.29, 0.717) is 0 Å². The number of nitrogens with one attached hydrogen (secondary N) is 1. The number of aromatic nitrogens is 1. The van der Waals surface area contributed by atoms with Gasteiger partial charge in [-0.15, -0.1) is 11.3 Å². The lowest BCUT2D eigenvalue weighted by atomic mass is 10.0. The molecule has 5 heteroatoms. The molecule has 1 aromatic heterocycles. The molecule has 2 aromatic rings. The van der Waals surface area contributed by atoms with Gasteiger partial charge in [0.25, 0.3) is 0 Å². The van der Waals surface area contributed by atoms with Crippen LogP contribution in [-0.2, 0) is 6.42 Å². The van der Waals surface area contributed by atoms with Crippen molar-refractivity contribution in [1.29, 1.82) is 0 Å². The summed E-state index contributed by atoms with van der Waals surface area (Å²) in [5.74, 6) is 0.919. The van der Waals surface area contributed by atoms with Crippen molar-refractivity contribution >= 4 is 27.3 Å². The lowest BCUT2D eigenvalue weighted by Crippen LogP contribution is -2.18. The maximum absolute atomic E-state index is 5.40. The van der Waals surface area contributed by atoms with Crippen molar-refractivity contribution in [3.05, 3.63) is 44.8 Å². The van der Waals surface area contributed by atoms with Gasteiger partial charge in [-0.05, 0) is 37.2 Å². The Balaban J connectivity index is 2.24. The van der Waals surface area contributed by atoms with Gasteiger partial charge in [-0.1, -0.05) is 15.9 Å². The summed E-state index contributed by atoms with van der Waals surface area (Å²) in [4.78, 5) is 5.37. The molecule has 0 aliphatic rings. The van der Waals surface area contributed by atoms with Crippen LogP contribution >= 0.6 is 27.3 Å². The zero-order chi connectivity index (χ0) is 13.0. The van der Waals surface area contributed by atoms with E-state index in [1.807, 2.05) is 30.9 Å². The molecular weight excluding hydrogens is 312 g/mol. The number of methoxy groups -OCH3 is 1. The number of nitrogens with zero attached hydrogens (tertiary/aromatic N) is 1. The van der Waals surface area contributed by atoms with Crippen LogP contribution in [0.2, 0.25) is 0 Å². The van der Waals surface area contributed by atoms with E-state index < -0.39 is 0 Å². The van der Waals surface area contributed by atoms with E-state index in [1.54, 1.807) is 18.4 Å². The van der Waals surface area contributed by atoms with Crippen LogP contribution < -0.4 is 10.1 Å². The molecule has 0 bridgehead atoms. The Labute approximate surface area is 119 Å². The first kappa shape index (κ1) is 13.5. The van der Waals surface area contributed by atoms with E-state index in [0.717, 1.165) is 16.6 Å². The van der Waals surface area contributed by atoms with Crippen molar-refractivity contribution in [1.82, 2.24) is 10.3 Å². The van der Waals surface area contributed by atoms with E-state index in [-0.39, 0.29) is 6.04 Å². The average Bonchev–Trinajstić information content (AvgIpc) is 2.90. The van der Waals surface area contributed by atoms with Crippen LogP contribution in [0.4, 0.5) is 0 Å². The molecule has 0 saturated heterocycles. The van der Waals surface area contributed by atoms with Crippen LogP contribution in [0.1, 0.15) is 16.5 Å². The Bertz CT molecular complexity index is 502. The second-order valence-corrected chi connectivity index (χ2v) is 5.74. The van der Waals surface area contributed by atoms with Crippen LogP contribution in [0.5, 0.6) is 5.75 Å². The first-order chi connectivity index (χ1) is 8.74. The smallest absolute Gasteiger partial charge is 0.122 e. The lowest BCUT2D eigenvalue weighted by molar-refractivity contribution is 0.406. The highest BCUT2D eigenvalue weighted by molar-refractivity contribution is 9.10. The van der Waals surface area contributed by atoms with Gasteiger partial charge in [-0.3, -0.25) is 4.98 Å². The van der Waals surface area contributed by atoms with E-state index in [2.05, 4.69) is 32.3 Å². The van der Waals surface area contributed by atoms with E-state index in [9.17, 15) is 0 Å². The molecule has 0 spiro atoms. The second-order valence-electron chi connectivity index (χ2n) is 3.91. The van der Waals surface area contributed by atoms with Crippen molar-refractivity contribution in [3.8, 4) is 5.75 Å². The van der Waals surface area contributed by atoms with Crippen molar-refractivity contribution in [2.45, 2.75) is 12.5 Å². The molecule has 1 unspecified atom stereocenters. The summed E-state index contributed by atoms with van der Waals surface area (Å²) in [6, 6.07) is 6.34. The number of thiazole rings is 1. The number of benzene rings is 1. The van der Waals surface area contributed by atoms with Gasteiger partial charge < -0.3 is 10.1 Å². The largest absolute Gasteiger partial charge is 0.496 e. The molecule has 0 aliphatic carbocycles. The quantitative estimate of drug-likeness (QED) is 0.914. The fourth-order valence-corrected chi connectivity index (χ4v) is 3.01. The molecule has 3 nitrogen and oxygen atoms in total. The first-order valence-electron chi connectivity index (χ1n) is 5.62. The van der Waals surface area contributed by atoms with Gasteiger partial charge in [-0.25, -0.2) is 0 Å². The molecule has 0 aliphatic heterocycles. The van der Waals surface area contributed by atoms with Crippen LogP contribution in [0.3, 0.4) is 0 Å². The van der Waals surface area contributed by atoms with Crippen molar-refractivity contribution in [2.24, 2.45) is 0 Å². The highest BCUT2D eigenvalue weighted by atomic mass is 79.9. The number of hydrogen-bond donors (Lipinski definition) is 1. The topological polar surface area (TPSA) is 34.1 Å². The van der Waals surface area contributed by atoms with E-state index in [1.165, 1.54) is 10.4 Å². The minimum Gasteiger partial charge on any atom is -0.496 e. The molecule has 0 saturated carbocycles. The van der Waals surface area contributed by atoms with Gasteiger partial charge in [-0.2, -0.15) is 0 Å². The second kappa shape index (κ2) is 6.31. The Morgan fingerprint density at radius 3 is 2.94 bits per heavy atom. The SMILES string of the molecule is CNC(Cc1cc(Br)ccc1OC)c1cncs1. The Kier molecular flexibility index (Phi) is 4.74. The zero-order valence-corrected chi connectivity index (χ0v) is 12.7. The number of ether oxygens (including phenoxy) is 1. The molecule has 1 heterocycles. The Morgan fingerprint density at radius 1 is 1.50 bits per heavy atom. The Hall–Kier alpha value is -0.910. The van der Waals surface area contributed by atoms with Crippen LogP contribution in [0.15, 0.2) is 34.4 Å². The number of halogens is 1. The third-order valence-electron chi connectivity index (χ3n) is 2.81. The maximum atomic E-state index is 5.40. The zero-order valence-electron chi connectivity index (χ0n) is 10.3. The molecular formula is C13H15BrN2OS. The van der Waals surface area contributed by atoms with Gasteiger partial charge >= 0.3 is 0 Å². The molecule has 18 heavy (non-hydrogen) atoms. The molecule has 1 aromatic carbocycles. The third kappa shape index (κ3) is 3.10. The predicted octanol–water partition coefficient (Wildman–Crippen LogP) is 3.42. The molecule has 0 amide bonds. The van der Waals surface area contributed by atoms with Gasteiger partial charge in [0.1, 0.15) is 5.75 Å². The van der Waals surface area contributed by atoms with E-state index in [4.69, 9.17) is 4.74 Å². The summed E-state index contributed by atoms with van der Waals surface area (Å²) in [5, 5.41) is 3.32. The van der Waals surface area contributed by atoms with Crippen molar-refractivity contribution in [2.75, 3.05) is 14.2 Å². The molecule has 96 valence electrons. The lowest BCUT2D eigenvalue weighted by Gasteiger charge is -2.16. The summed E-state index contributed by atoms with van der Waals surface area (Å²) in [7, 11) is 3.67. The number of hydrogen-bond acceptors (Lipinski definition) is 4. The van der Waals surface area contributed by atoms with Gasteiger partial charge in [0, 0.05) is 21.6 Å². The van der Waals surface area contributed by atoms with Crippen molar-refractivity contribution < 1.29 is 4.74 Å². The summed E-state index contributed by atoms with van der Waals surface area (Å²) in [6.07, 6.45) is 2.79. The summed E-state index contributed by atoms with van der Waals surface area (Å²) in [6.45, 7) is 0. The molecule has 1 atom stereocenters. The summed E-state index contributed by atoms with van der Waals surface area (Å²) < 4.78 is 6.47. The standard InChI is InChI=1S/C13H15BrN2OS/c1-15-11(13-7-16-8-18-13)6-9-5-10(14)3-4-12(9)17-2/h3-5,7-8,11,15H,6H2,1-2H3. The van der Waals surface area contributed by atoms with E-state index >= 15 is 0 Å². The molecule has 2 rings (SSSR count). The first-order valence-corrected chi connectivity index (χ1v) is 7.30. The van der Waals surface area contributed by atoms with Crippen molar-refractivity contribution in [3.63, 3.8) is 0 Å². The van der Waals surface area contributed by atoms with Crippen LogP contribution in [-0.4, -0.2) is 19.1 Å². The molecule has 0 fully saturated rings. The Morgan fingerprint density at radius 2 is 2.33 bits per heavy atom. The highest BCUT2D eigenvalue weighted by Gasteiger charge is 2.14. The van der Waals surface area contributed by atoms with Gasteiger partial charge in [0.05, 0.1) is 12.6 Å². The highest BCUT2D eigenvalue weighted by Crippen LogP contribution is 2.28. The molecule has 0 radical (unpaired) electrons. The average molecular weight is 327 g/mol. The molecule has 1 N–H and O–H groups in total. The monoisotopic (exact) mass is 326 g/mol. The van der Waals surface area contributed by atoms with Gasteiger partial charge in [0.2, 0.25) is 0 Å².